The molecule has 0 radical (unpaired) electrons. The Morgan fingerprint density at radius 1 is 1.04 bits per heavy atom. The zero-order valence-electron chi connectivity index (χ0n) is 16.8. The molecule has 1 rings (SSSR count). The Morgan fingerprint density at radius 3 is 2.12 bits per heavy atom. The van der Waals surface area contributed by atoms with Crippen molar-refractivity contribution >= 4 is 11.9 Å². The standard InChI is InChI=1S/C22H34O4/c1-6-7-11-22(12-9-8-10-17(22)13-15(2)3)18(14-16(4)5)19(20(23)24)21(25)26/h8-10,12,15-17H,6-7,11,13-14H2,1-5H3,(H,23,24)(H,25,26). The van der Waals surface area contributed by atoms with Gasteiger partial charge in [0, 0.05) is 5.41 Å². The molecule has 4 heteroatoms. The van der Waals surface area contributed by atoms with Gasteiger partial charge in [-0.05, 0) is 42.6 Å². The summed E-state index contributed by atoms with van der Waals surface area (Å²) in [7, 11) is 0. The molecule has 2 atom stereocenters. The van der Waals surface area contributed by atoms with Crippen LogP contribution >= 0.6 is 0 Å². The van der Waals surface area contributed by atoms with Crippen LogP contribution in [-0.4, -0.2) is 22.2 Å². The van der Waals surface area contributed by atoms with Crippen LogP contribution < -0.4 is 0 Å². The molecule has 0 bridgehead atoms. The molecule has 1 aliphatic rings. The molecule has 0 amide bonds. The van der Waals surface area contributed by atoms with Crippen LogP contribution in [0.3, 0.4) is 0 Å². The summed E-state index contributed by atoms with van der Waals surface area (Å²) in [6.45, 7) is 10.4. The van der Waals surface area contributed by atoms with E-state index < -0.39 is 22.9 Å². The van der Waals surface area contributed by atoms with Gasteiger partial charge < -0.3 is 10.2 Å². The lowest BCUT2D eigenvalue weighted by Crippen LogP contribution is -2.36. The number of carboxylic acid groups (broad SMARTS) is 2. The van der Waals surface area contributed by atoms with Crippen molar-refractivity contribution < 1.29 is 19.8 Å². The van der Waals surface area contributed by atoms with Crippen LogP contribution in [-0.2, 0) is 9.59 Å². The predicted octanol–water partition coefficient (Wildman–Crippen LogP) is 5.46. The Bertz CT molecular complexity index is 579. The molecule has 1 aliphatic carbocycles. The molecule has 0 aromatic carbocycles. The van der Waals surface area contributed by atoms with E-state index in [1.165, 1.54) is 0 Å². The Morgan fingerprint density at radius 2 is 1.65 bits per heavy atom. The van der Waals surface area contributed by atoms with Gasteiger partial charge in [-0.15, -0.1) is 0 Å². The molecule has 2 unspecified atom stereocenters. The first-order valence-electron chi connectivity index (χ1n) is 9.71. The van der Waals surface area contributed by atoms with Gasteiger partial charge in [0.2, 0.25) is 0 Å². The van der Waals surface area contributed by atoms with Gasteiger partial charge in [0.1, 0.15) is 5.57 Å². The van der Waals surface area contributed by atoms with Gasteiger partial charge >= 0.3 is 11.9 Å². The first-order valence-corrected chi connectivity index (χ1v) is 9.71. The van der Waals surface area contributed by atoms with Gasteiger partial charge in [-0.3, -0.25) is 0 Å². The van der Waals surface area contributed by atoms with Gasteiger partial charge in [0.25, 0.3) is 0 Å². The number of carboxylic acids is 2. The van der Waals surface area contributed by atoms with Crippen molar-refractivity contribution in [3.8, 4) is 0 Å². The topological polar surface area (TPSA) is 74.6 Å². The average Bonchev–Trinajstić information content (AvgIpc) is 2.52. The second-order valence-electron chi connectivity index (χ2n) is 8.19. The Balaban J connectivity index is 3.69. The van der Waals surface area contributed by atoms with Crippen LogP contribution in [0.4, 0.5) is 0 Å². The lowest BCUT2D eigenvalue weighted by Gasteiger charge is -2.43. The number of hydrogen-bond acceptors (Lipinski definition) is 2. The number of aliphatic carboxylic acids is 2. The minimum atomic E-state index is -1.34. The summed E-state index contributed by atoms with van der Waals surface area (Å²) >= 11 is 0. The second-order valence-corrected chi connectivity index (χ2v) is 8.19. The molecule has 0 saturated carbocycles. The molecule has 2 N–H and O–H groups in total. The van der Waals surface area contributed by atoms with Crippen LogP contribution in [0, 0.1) is 23.2 Å². The summed E-state index contributed by atoms with van der Waals surface area (Å²) in [6.07, 6.45) is 12.2. The molecule has 146 valence electrons. The highest BCUT2D eigenvalue weighted by Gasteiger charge is 2.43. The Hall–Kier alpha value is -1.84. The maximum atomic E-state index is 11.9. The number of allylic oxidation sites excluding steroid dienone is 5. The van der Waals surface area contributed by atoms with E-state index in [1.54, 1.807) is 0 Å². The average molecular weight is 363 g/mol. The second kappa shape index (κ2) is 9.75. The van der Waals surface area contributed by atoms with Gasteiger partial charge in [0.15, 0.2) is 0 Å². The quantitative estimate of drug-likeness (QED) is 0.307. The van der Waals surface area contributed by atoms with E-state index in [-0.39, 0.29) is 11.8 Å². The predicted molar refractivity (Wildman–Crippen MR) is 105 cm³/mol. The molecule has 0 spiro atoms. The highest BCUT2D eigenvalue weighted by Crippen LogP contribution is 2.50. The summed E-state index contributed by atoms with van der Waals surface area (Å²) in [5.74, 6) is -1.95. The van der Waals surface area contributed by atoms with Crippen LogP contribution in [0.25, 0.3) is 0 Å². The number of rotatable bonds is 10. The van der Waals surface area contributed by atoms with E-state index >= 15 is 0 Å². The maximum Gasteiger partial charge on any atom is 0.343 e. The zero-order chi connectivity index (χ0) is 19.9. The third-order valence-electron chi connectivity index (χ3n) is 5.08. The molecule has 0 saturated heterocycles. The molecule has 0 heterocycles. The smallest absolute Gasteiger partial charge is 0.343 e. The fourth-order valence-corrected chi connectivity index (χ4v) is 4.01. The van der Waals surface area contributed by atoms with Gasteiger partial charge in [0.05, 0.1) is 0 Å². The molecule has 26 heavy (non-hydrogen) atoms. The van der Waals surface area contributed by atoms with E-state index in [0.717, 1.165) is 25.7 Å². The van der Waals surface area contributed by atoms with E-state index in [4.69, 9.17) is 0 Å². The van der Waals surface area contributed by atoms with Gasteiger partial charge in [-0.2, -0.15) is 0 Å². The highest BCUT2D eigenvalue weighted by molar-refractivity contribution is 6.13. The molecule has 0 aromatic rings. The number of hydrogen-bond donors (Lipinski definition) is 2. The van der Waals surface area contributed by atoms with Gasteiger partial charge in [-0.25, -0.2) is 9.59 Å². The van der Waals surface area contributed by atoms with Gasteiger partial charge in [-0.1, -0.05) is 71.8 Å². The third-order valence-corrected chi connectivity index (χ3v) is 5.08. The summed E-state index contributed by atoms with van der Waals surface area (Å²) < 4.78 is 0. The SMILES string of the molecule is CCCCC1(C(CC(C)C)=C(C(=O)O)C(=O)O)C=CC=CC1CC(C)C. The fraction of sp³-hybridized carbons (Fsp3) is 0.636. The van der Waals surface area contributed by atoms with Crippen LogP contribution in [0.2, 0.25) is 0 Å². The molecular weight excluding hydrogens is 328 g/mol. The summed E-state index contributed by atoms with van der Waals surface area (Å²) in [5, 5.41) is 19.4. The largest absolute Gasteiger partial charge is 0.477 e. The van der Waals surface area contributed by atoms with E-state index in [0.29, 0.717) is 17.9 Å². The fourth-order valence-electron chi connectivity index (χ4n) is 4.01. The van der Waals surface area contributed by atoms with E-state index in [2.05, 4.69) is 32.9 Å². The van der Waals surface area contributed by atoms with Crippen molar-refractivity contribution in [1.29, 1.82) is 0 Å². The number of carbonyl (C=O) groups is 2. The van der Waals surface area contributed by atoms with Crippen molar-refractivity contribution in [2.24, 2.45) is 23.2 Å². The first kappa shape index (κ1) is 22.2. The van der Waals surface area contributed by atoms with E-state index in [9.17, 15) is 19.8 Å². The Labute approximate surface area is 157 Å². The monoisotopic (exact) mass is 362 g/mol. The summed E-state index contributed by atoms with van der Waals surface area (Å²) in [6, 6.07) is 0. The normalized spacial score (nSPS) is 22.0. The van der Waals surface area contributed by atoms with Crippen molar-refractivity contribution in [3.63, 3.8) is 0 Å². The molecule has 0 aromatic heterocycles. The first-order chi connectivity index (χ1) is 12.2. The minimum Gasteiger partial charge on any atom is -0.477 e. The zero-order valence-corrected chi connectivity index (χ0v) is 16.8. The van der Waals surface area contributed by atoms with Crippen molar-refractivity contribution in [2.75, 3.05) is 0 Å². The number of unbranched alkanes of at least 4 members (excludes halogenated alkanes) is 1. The molecular formula is C22H34O4. The van der Waals surface area contributed by atoms with Crippen molar-refractivity contribution in [2.45, 2.75) is 66.7 Å². The van der Waals surface area contributed by atoms with Crippen molar-refractivity contribution in [3.05, 3.63) is 35.5 Å². The van der Waals surface area contributed by atoms with Crippen LogP contribution in [0.5, 0.6) is 0 Å². The summed E-state index contributed by atoms with van der Waals surface area (Å²) in [5.41, 5.74) is -0.401. The van der Waals surface area contributed by atoms with E-state index in [1.807, 2.05) is 26.0 Å². The summed E-state index contributed by atoms with van der Waals surface area (Å²) in [4.78, 5) is 23.7. The van der Waals surface area contributed by atoms with Crippen LogP contribution in [0.1, 0.15) is 66.7 Å². The van der Waals surface area contributed by atoms with Crippen LogP contribution in [0.15, 0.2) is 35.5 Å². The lowest BCUT2D eigenvalue weighted by atomic mass is 9.60. The lowest BCUT2D eigenvalue weighted by molar-refractivity contribution is -0.140. The minimum absolute atomic E-state index is 0.112. The molecule has 0 fully saturated rings. The third kappa shape index (κ3) is 5.33. The molecule has 0 aliphatic heterocycles. The highest BCUT2D eigenvalue weighted by atomic mass is 16.4. The van der Waals surface area contributed by atoms with Crippen molar-refractivity contribution in [1.82, 2.24) is 0 Å². The molecule has 4 nitrogen and oxygen atoms in total. The maximum absolute atomic E-state index is 11.9. The Kier molecular flexibility index (Phi) is 8.32.